The highest BCUT2D eigenvalue weighted by Crippen LogP contribution is 2.39. The summed E-state index contributed by atoms with van der Waals surface area (Å²) in [6.07, 6.45) is 7.17. The van der Waals surface area contributed by atoms with E-state index < -0.39 is 0 Å². The molecule has 1 aromatic heterocycles. The molecule has 2 atom stereocenters. The van der Waals surface area contributed by atoms with E-state index in [1.807, 2.05) is 12.3 Å². The zero-order chi connectivity index (χ0) is 11.7. The minimum atomic E-state index is 0.627. The lowest BCUT2D eigenvalue weighted by atomic mass is 9.82. The van der Waals surface area contributed by atoms with Crippen LogP contribution in [0.2, 0.25) is 0 Å². The summed E-state index contributed by atoms with van der Waals surface area (Å²) >= 11 is 3.86. The molecule has 0 amide bonds. The SMILES string of the molecule is BrC1CCCCC1c1cccc2ncccc12. The second-order valence-corrected chi connectivity index (χ2v) is 6.00. The lowest BCUT2D eigenvalue weighted by Gasteiger charge is -2.28. The van der Waals surface area contributed by atoms with Crippen molar-refractivity contribution >= 4 is 26.8 Å². The number of rotatable bonds is 1. The Labute approximate surface area is 110 Å². The van der Waals surface area contributed by atoms with Gasteiger partial charge in [0.15, 0.2) is 0 Å². The molecule has 1 aromatic carbocycles. The van der Waals surface area contributed by atoms with Gasteiger partial charge in [-0.15, -0.1) is 0 Å². The van der Waals surface area contributed by atoms with Crippen LogP contribution in [0.1, 0.15) is 37.2 Å². The molecular weight excluding hydrogens is 274 g/mol. The number of halogens is 1. The van der Waals surface area contributed by atoms with E-state index in [0.717, 1.165) is 5.52 Å². The molecule has 0 aliphatic heterocycles. The molecule has 17 heavy (non-hydrogen) atoms. The molecule has 2 heteroatoms. The van der Waals surface area contributed by atoms with Crippen LogP contribution in [-0.2, 0) is 0 Å². The molecule has 2 aromatic rings. The second kappa shape index (κ2) is 4.77. The van der Waals surface area contributed by atoms with Crippen molar-refractivity contribution in [3.63, 3.8) is 0 Å². The molecule has 0 spiro atoms. The lowest BCUT2D eigenvalue weighted by Crippen LogP contribution is -2.17. The lowest BCUT2D eigenvalue weighted by molar-refractivity contribution is 0.463. The Bertz CT molecular complexity index is 518. The van der Waals surface area contributed by atoms with Crippen LogP contribution >= 0.6 is 15.9 Å². The van der Waals surface area contributed by atoms with Crippen LogP contribution in [-0.4, -0.2) is 9.81 Å². The Morgan fingerprint density at radius 3 is 2.82 bits per heavy atom. The summed E-state index contributed by atoms with van der Waals surface area (Å²) in [6, 6.07) is 10.8. The predicted molar refractivity (Wildman–Crippen MR) is 75.7 cm³/mol. The van der Waals surface area contributed by atoms with Crippen LogP contribution in [0.25, 0.3) is 10.9 Å². The Morgan fingerprint density at radius 2 is 1.94 bits per heavy atom. The van der Waals surface area contributed by atoms with Crippen LogP contribution < -0.4 is 0 Å². The van der Waals surface area contributed by atoms with Gasteiger partial charge < -0.3 is 0 Å². The third kappa shape index (κ3) is 2.11. The summed E-state index contributed by atoms with van der Waals surface area (Å²) < 4.78 is 0. The maximum Gasteiger partial charge on any atom is 0.0704 e. The molecule has 88 valence electrons. The normalized spacial score (nSPS) is 25.0. The first-order valence-electron chi connectivity index (χ1n) is 6.34. The molecule has 1 aliphatic rings. The van der Waals surface area contributed by atoms with Crippen LogP contribution in [0.5, 0.6) is 0 Å². The largest absolute Gasteiger partial charge is 0.256 e. The van der Waals surface area contributed by atoms with Gasteiger partial charge in [-0.05, 0) is 36.5 Å². The highest BCUT2D eigenvalue weighted by Gasteiger charge is 2.25. The fourth-order valence-electron chi connectivity index (χ4n) is 2.89. The average Bonchev–Trinajstić information content (AvgIpc) is 2.39. The Hall–Kier alpha value is -0.890. The average molecular weight is 290 g/mol. The first kappa shape index (κ1) is 11.2. The quantitative estimate of drug-likeness (QED) is 0.696. The number of pyridine rings is 1. The standard InChI is InChI=1S/C15H16BrN/c16-14-8-2-1-5-12(14)11-6-3-9-15-13(11)7-4-10-17-15/h3-4,6-7,9-10,12,14H,1-2,5,8H2. The van der Waals surface area contributed by atoms with Gasteiger partial charge in [-0.3, -0.25) is 4.98 Å². The van der Waals surface area contributed by atoms with E-state index in [4.69, 9.17) is 0 Å². The third-order valence-electron chi connectivity index (χ3n) is 3.76. The van der Waals surface area contributed by atoms with E-state index >= 15 is 0 Å². The van der Waals surface area contributed by atoms with Gasteiger partial charge in [0.25, 0.3) is 0 Å². The van der Waals surface area contributed by atoms with Crippen molar-refractivity contribution in [1.82, 2.24) is 4.98 Å². The van der Waals surface area contributed by atoms with Crippen molar-refractivity contribution in [3.8, 4) is 0 Å². The summed E-state index contributed by atoms with van der Waals surface area (Å²) in [4.78, 5) is 5.07. The van der Waals surface area contributed by atoms with Gasteiger partial charge in [-0.2, -0.15) is 0 Å². The van der Waals surface area contributed by atoms with E-state index in [1.54, 1.807) is 0 Å². The van der Waals surface area contributed by atoms with Gasteiger partial charge in [-0.1, -0.05) is 47.0 Å². The number of fused-ring (bicyclic) bond motifs is 1. The van der Waals surface area contributed by atoms with Crippen LogP contribution in [0.4, 0.5) is 0 Å². The molecule has 0 radical (unpaired) electrons. The highest BCUT2D eigenvalue weighted by atomic mass is 79.9. The summed E-state index contributed by atoms with van der Waals surface area (Å²) in [5, 5.41) is 1.33. The summed E-state index contributed by atoms with van der Waals surface area (Å²) in [7, 11) is 0. The zero-order valence-electron chi connectivity index (χ0n) is 9.77. The molecular formula is C15H16BrN. The van der Waals surface area contributed by atoms with Crippen LogP contribution in [0, 0.1) is 0 Å². The predicted octanol–water partition coefficient (Wildman–Crippen LogP) is 4.66. The Kier molecular flexibility index (Phi) is 3.15. The molecule has 3 rings (SSSR count). The monoisotopic (exact) mass is 289 g/mol. The van der Waals surface area contributed by atoms with E-state index in [1.165, 1.54) is 36.6 Å². The van der Waals surface area contributed by atoms with E-state index in [2.05, 4.69) is 45.2 Å². The number of benzene rings is 1. The number of hydrogen-bond acceptors (Lipinski definition) is 1. The van der Waals surface area contributed by atoms with Crippen molar-refractivity contribution in [2.75, 3.05) is 0 Å². The maximum atomic E-state index is 4.45. The molecule has 1 nitrogen and oxygen atoms in total. The van der Waals surface area contributed by atoms with Gasteiger partial charge in [0.1, 0.15) is 0 Å². The van der Waals surface area contributed by atoms with E-state index in [0.29, 0.717) is 10.7 Å². The molecule has 2 unspecified atom stereocenters. The Balaban J connectivity index is 2.10. The van der Waals surface area contributed by atoms with Crippen LogP contribution in [0.15, 0.2) is 36.5 Å². The van der Waals surface area contributed by atoms with E-state index in [9.17, 15) is 0 Å². The molecule has 1 fully saturated rings. The van der Waals surface area contributed by atoms with Crippen LogP contribution in [0.3, 0.4) is 0 Å². The fourth-order valence-corrected chi connectivity index (χ4v) is 3.76. The van der Waals surface area contributed by atoms with Gasteiger partial charge >= 0.3 is 0 Å². The minimum Gasteiger partial charge on any atom is -0.256 e. The number of hydrogen-bond donors (Lipinski definition) is 0. The Morgan fingerprint density at radius 1 is 1.06 bits per heavy atom. The molecule has 0 N–H and O–H groups in total. The van der Waals surface area contributed by atoms with Gasteiger partial charge in [0.2, 0.25) is 0 Å². The van der Waals surface area contributed by atoms with Gasteiger partial charge in [0.05, 0.1) is 5.52 Å². The second-order valence-electron chi connectivity index (χ2n) is 4.82. The van der Waals surface area contributed by atoms with Crippen molar-refractivity contribution in [1.29, 1.82) is 0 Å². The molecule has 1 saturated carbocycles. The van der Waals surface area contributed by atoms with Gasteiger partial charge in [0, 0.05) is 16.4 Å². The topological polar surface area (TPSA) is 12.9 Å². The van der Waals surface area contributed by atoms with E-state index in [-0.39, 0.29) is 0 Å². The smallest absolute Gasteiger partial charge is 0.0704 e. The van der Waals surface area contributed by atoms with Crippen molar-refractivity contribution < 1.29 is 0 Å². The first-order valence-corrected chi connectivity index (χ1v) is 7.25. The van der Waals surface area contributed by atoms with Crippen molar-refractivity contribution in [3.05, 3.63) is 42.1 Å². The first-order chi connectivity index (χ1) is 8.36. The number of aromatic nitrogens is 1. The zero-order valence-corrected chi connectivity index (χ0v) is 11.4. The summed E-state index contributed by atoms with van der Waals surface area (Å²) in [5.41, 5.74) is 2.59. The highest BCUT2D eigenvalue weighted by molar-refractivity contribution is 9.09. The third-order valence-corrected chi connectivity index (χ3v) is 4.86. The molecule has 1 aliphatic carbocycles. The minimum absolute atomic E-state index is 0.627. The molecule has 1 heterocycles. The van der Waals surface area contributed by atoms with Gasteiger partial charge in [-0.25, -0.2) is 0 Å². The molecule has 0 bridgehead atoms. The molecule has 0 saturated heterocycles. The fraction of sp³-hybridized carbons (Fsp3) is 0.400. The number of nitrogens with zero attached hydrogens (tertiary/aromatic N) is 1. The van der Waals surface area contributed by atoms with Crippen molar-refractivity contribution in [2.24, 2.45) is 0 Å². The summed E-state index contributed by atoms with van der Waals surface area (Å²) in [6.45, 7) is 0. The van der Waals surface area contributed by atoms with Crippen molar-refractivity contribution in [2.45, 2.75) is 36.4 Å². The maximum absolute atomic E-state index is 4.45. The summed E-state index contributed by atoms with van der Waals surface area (Å²) in [5.74, 6) is 0.650. The number of alkyl halides is 1.